The van der Waals surface area contributed by atoms with Gasteiger partial charge in [0, 0.05) is 11.0 Å². The molecule has 1 nitrogen and oxygen atoms in total. The molecule has 0 radical (unpaired) electrons. The molecule has 5 heteroatoms. The van der Waals surface area contributed by atoms with E-state index >= 15 is 0 Å². The van der Waals surface area contributed by atoms with Crippen molar-refractivity contribution in [2.24, 2.45) is 0 Å². The van der Waals surface area contributed by atoms with E-state index in [9.17, 15) is 17.7 Å². The van der Waals surface area contributed by atoms with Gasteiger partial charge in [0.2, 0.25) is 0 Å². The third-order valence-electron chi connectivity index (χ3n) is 3.77. The van der Waals surface area contributed by atoms with E-state index < -0.39 is 19.5 Å². The molecule has 0 saturated heterocycles. The van der Waals surface area contributed by atoms with Crippen LogP contribution in [0.5, 0.6) is 0 Å². The van der Waals surface area contributed by atoms with Crippen LogP contribution in [0.25, 0.3) is 0 Å². The largest absolute Gasteiger partial charge is 0.396 e. The van der Waals surface area contributed by atoms with Crippen LogP contribution in [-0.2, 0) is 4.57 Å². The monoisotopic (exact) mass is 290 g/mol. The molecule has 1 saturated carbocycles. The summed E-state index contributed by atoms with van der Waals surface area (Å²) in [4.78, 5) is 0. The summed E-state index contributed by atoms with van der Waals surface area (Å²) in [5.74, 6) is 0. The average molecular weight is 290 g/mol. The molecule has 0 amide bonds. The maximum Gasteiger partial charge on any atom is 0.396 e. The topological polar surface area (TPSA) is 17.1 Å². The predicted octanol–water partition coefficient (Wildman–Crippen LogP) is 4.57. The Morgan fingerprint density at radius 1 is 1.05 bits per heavy atom. The van der Waals surface area contributed by atoms with Crippen LogP contribution in [0.15, 0.2) is 30.3 Å². The molecular formula is C14H18F3OP. The van der Waals surface area contributed by atoms with Crippen molar-refractivity contribution in [3.8, 4) is 0 Å². The summed E-state index contributed by atoms with van der Waals surface area (Å²) in [7, 11) is -3.39. The molecule has 1 aliphatic rings. The van der Waals surface area contributed by atoms with E-state index in [1.807, 2.05) is 0 Å². The zero-order valence-electron chi connectivity index (χ0n) is 10.7. The fraction of sp³-hybridized carbons (Fsp3) is 0.571. The number of halogens is 3. The van der Waals surface area contributed by atoms with E-state index in [2.05, 4.69) is 0 Å². The second kappa shape index (κ2) is 5.70. The van der Waals surface area contributed by atoms with Gasteiger partial charge in [-0.1, -0.05) is 49.6 Å². The fourth-order valence-corrected chi connectivity index (χ4v) is 6.15. The van der Waals surface area contributed by atoms with Gasteiger partial charge in [-0.3, -0.25) is 0 Å². The van der Waals surface area contributed by atoms with E-state index in [0.29, 0.717) is 18.1 Å². The molecule has 0 spiro atoms. The SMILES string of the molecule is O=P(CC(F)(F)F)(c1ccccc1)C1CCCCC1. The first-order chi connectivity index (χ1) is 8.92. The Hall–Kier alpha value is -0.760. The van der Waals surface area contributed by atoms with Crippen LogP contribution >= 0.6 is 7.14 Å². The van der Waals surface area contributed by atoms with Gasteiger partial charge in [-0.25, -0.2) is 0 Å². The lowest BCUT2D eigenvalue weighted by Crippen LogP contribution is -2.28. The molecule has 1 aliphatic carbocycles. The van der Waals surface area contributed by atoms with E-state index in [0.717, 1.165) is 19.3 Å². The van der Waals surface area contributed by atoms with Crippen molar-refractivity contribution in [1.29, 1.82) is 0 Å². The molecule has 2 rings (SSSR count). The number of hydrogen-bond acceptors (Lipinski definition) is 1. The van der Waals surface area contributed by atoms with Gasteiger partial charge >= 0.3 is 6.18 Å². The van der Waals surface area contributed by atoms with Crippen molar-refractivity contribution in [2.45, 2.75) is 43.9 Å². The van der Waals surface area contributed by atoms with Crippen molar-refractivity contribution in [1.82, 2.24) is 0 Å². The number of benzene rings is 1. The van der Waals surface area contributed by atoms with E-state index in [1.54, 1.807) is 30.3 Å². The quantitative estimate of drug-likeness (QED) is 0.745. The molecule has 0 N–H and O–H groups in total. The van der Waals surface area contributed by atoms with Gasteiger partial charge in [-0.05, 0) is 12.8 Å². The molecule has 0 heterocycles. The van der Waals surface area contributed by atoms with Gasteiger partial charge in [-0.2, -0.15) is 13.2 Å². The van der Waals surface area contributed by atoms with Crippen LogP contribution in [0.3, 0.4) is 0 Å². The highest BCUT2D eigenvalue weighted by atomic mass is 31.2. The van der Waals surface area contributed by atoms with Gasteiger partial charge < -0.3 is 4.57 Å². The summed E-state index contributed by atoms with van der Waals surface area (Å²) >= 11 is 0. The first-order valence-corrected chi connectivity index (χ1v) is 8.59. The van der Waals surface area contributed by atoms with Crippen LogP contribution in [0.4, 0.5) is 13.2 Å². The molecule has 1 atom stereocenters. The highest BCUT2D eigenvalue weighted by Crippen LogP contribution is 2.57. The number of alkyl halides is 3. The smallest absolute Gasteiger partial charge is 0.318 e. The summed E-state index contributed by atoms with van der Waals surface area (Å²) in [6, 6.07) is 8.24. The molecule has 0 aromatic heterocycles. The van der Waals surface area contributed by atoms with E-state index in [1.165, 1.54) is 0 Å². The molecule has 106 valence electrons. The molecule has 1 unspecified atom stereocenters. The molecular weight excluding hydrogens is 272 g/mol. The lowest BCUT2D eigenvalue weighted by molar-refractivity contribution is -0.106. The summed E-state index contributed by atoms with van der Waals surface area (Å²) in [6.07, 6.45) is -1.40. The van der Waals surface area contributed by atoms with Crippen molar-refractivity contribution in [3.05, 3.63) is 30.3 Å². The molecule has 19 heavy (non-hydrogen) atoms. The van der Waals surface area contributed by atoms with Gasteiger partial charge in [-0.15, -0.1) is 0 Å². The second-order valence-electron chi connectivity index (χ2n) is 5.20. The molecule has 0 bridgehead atoms. The minimum atomic E-state index is -4.37. The van der Waals surface area contributed by atoms with Crippen LogP contribution in [0.1, 0.15) is 32.1 Å². The van der Waals surface area contributed by atoms with Crippen LogP contribution < -0.4 is 5.30 Å². The van der Waals surface area contributed by atoms with Crippen LogP contribution in [-0.4, -0.2) is 18.0 Å². The summed E-state index contributed by atoms with van der Waals surface area (Å²) < 4.78 is 51.5. The van der Waals surface area contributed by atoms with Crippen LogP contribution in [0.2, 0.25) is 0 Å². The zero-order valence-corrected chi connectivity index (χ0v) is 11.6. The third-order valence-corrected chi connectivity index (χ3v) is 7.47. The van der Waals surface area contributed by atoms with Crippen molar-refractivity contribution in [2.75, 3.05) is 6.16 Å². The number of hydrogen-bond donors (Lipinski definition) is 0. The average Bonchev–Trinajstić information content (AvgIpc) is 2.39. The van der Waals surface area contributed by atoms with Gasteiger partial charge in [0.1, 0.15) is 13.3 Å². The normalized spacial score (nSPS) is 21.0. The van der Waals surface area contributed by atoms with Gasteiger partial charge in [0.05, 0.1) is 0 Å². The highest BCUT2D eigenvalue weighted by Gasteiger charge is 2.44. The molecule has 1 aromatic carbocycles. The Balaban J connectivity index is 2.35. The third kappa shape index (κ3) is 3.62. The lowest BCUT2D eigenvalue weighted by atomic mass is 10.0. The zero-order chi connectivity index (χ0) is 13.9. The van der Waals surface area contributed by atoms with Crippen molar-refractivity contribution >= 4 is 12.4 Å². The molecule has 1 fully saturated rings. The van der Waals surface area contributed by atoms with Gasteiger partial charge in [0.25, 0.3) is 0 Å². The summed E-state index contributed by atoms with van der Waals surface area (Å²) in [6.45, 7) is 0. The Bertz CT molecular complexity index is 450. The Kier molecular flexibility index (Phi) is 4.39. The molecule has 0 aliphatic heterocycles. The molecule has 1 aromatic rings. The Labute approximate surface area is 111 Å². The maximum absolute atomic E-state index is 13.1. The summed E-state index contributed by atoms with van der Waals surface area (Å²) in [5.41, 5.74) is -0.301. The van der Waals surface area contributed by atoms with E-state index in [-0.39, 0.29) is 5.66 Å². The predicted molar refractivity (Wildman–Crippen MR) is 71.5 cm³/mol. The minimum Gasteiger partial charge on any atom is -0.318 e. The fourth-order valence-electron chi connectivity index (χ4n) is 2.88. The van der Waals surface area contributed by atoms with Crippen molar-refractivity contribution < 1.29 is 17.7 Å². The Morgan fingerprint density at radius 3 is 2.16 bits per heavy atom. The summed E-state index contributed by atoms with van der Waals surface area (Å²) in [5, 5.41) is 0.388. The maximum atomic E-state index is 13.1. The van der Waals surface area contributed by atoms with Gasteiger partial charge in [0.15, 0.2) is 0 Å². The highest BCUT2D eigenvalue weighted by molar-refractivity contribution is 7.72. The number of rotatable bonds is 3. The van der Waals surface area contributed by atoms with Crippen LogP contribution in [0, 0.1) is 0 Å². The standard InChI is InChI=1S/C14H18F3OP/c15-14(16,17)11-19(18,12-7-3-1-4-8-12)13-9-5-2-6-10-13/h1,3-4,7-8,13H,2,5-6,9-11H2. The van der Waals surface area contributed by atoms with E-state index in [4.69, 9.17) is 0 Å². The first-order valence-electron chi connectivity index (χ1n) is 6.63. The Morgan fingerprint density at radius 2 is 1.63 bits per heavy atom. The first kappa shape index (κ1) is 14.6. The minimum absolute atomic E-state index is 0.301. The lowest BCUT2D eigenvalue weighted by Gasteiger charge is -2.31. The second-order valence-corrected chi connectivity index (χ2v) is 8.35. The van der Waals surface area contributed by atoms with Crippen molar-refractivity contribution in [3.63, 3.8) is 0 Å².